The summed E-state index contributed by atoms with van der Waals surface area (Å²) < 4.78 is 5.91. The van der Waals surface area contributed by atoms with Crippen molar-refractivity contribution in [3.8, 4) is 6.07 Å². The zero-order valence-electron chi connectivity index (χ0n) is 11.5. The van der Waals surface area contributed by atoms with Crippen molar-refractivity contribution in [1.29, 1.82) is 5.26 Å². The number of rotatable bonds is 3. The number of hydrogen-bond donors (Lipinski definition) is 1. The molecule has 0 bridgehead atoms. The van der Waals surface area contributed by atoms with Crippen LogP contribution in [0.15, 0.2) is 12.4 Å². The van der Waals surface area contributed by atoms with Gasteiger partial charge in [0.15, 0.2) is 11.5 Å². The third-order valence-corrected chi connectivity index (χ3v) is 4.01. The fourth-order valence-electron chi connectivity index (χ4n) is 2.93. The molecule has 1 aromatic rings. The van der Waals surface area contributed by atoms with Crippen molar-refractivity contribution in [1.82, 2.24) is 14.9 Å². The largest absolute Gasteiger partial charge is 0.373 e. The molecule has 1 aromatic heterocycles. The molecule has 2 aliphatic rings. The van der Waals surface area contributed by atoms with Crippen LogP contribution in [0.5, 0.6) is 0 Å². The average molecular weight is 273 g/mol. The van der Waals surface area contributed by atoms with Crippen LogP contribution in [0.2, 0.25) is 0 Å². The van der Waals surface area contributed by atoms with Gasteiger partial charge in [-0.2, -0.15) is 5.26 Å². The van der Waals surface area contributed by atoms with Crippen LogP contribution in [-0.4, -0.2) is 53.3 Å². The van der Waals surface area contributed by atoms with Gasteiger partial charge in [-0.3, -0.25) is 4.90 Å². The molecule has 0 spiro atoms. The molecule has 3 rings (SSSR count). The number of piperidine rings is 1. The van der Waals surface area contributed by atoms with Crippen LogP contribution < -0.4 is 5.32 Å². The molecule has 0 radical (unpaired) electrons. The molecule has 3 heterocycles. The molecule has 0 amide bonds. The maximum Gasteiger partial charge on any atom is 0.182 e. The van der Waals surface area contributed by atoms with E-state index in [2.05, 4.69) is 20.2 Å². The van der Waals surface area contributed by atoms with Gasteiger partial charge in [-0.1, -0.05) is 6.42 Å². The fourth-order valence-corrected chi connectivity index (χ4v) is 2.93. The van der Waals surface area contributed by atoms with Crippen LogP contribution in [0.4, 0.5) is 5.82 Å². The summed E-state index contributed by atoms with van der Waals surface area (Å²) in [4.78, 5) is 10.7. The minimum atomic E-state index is 0.151. The van der Waals surface area contributed by atoms with E-state index >= 15 is 0 Å². The third-order valence-electron chi connectivity index (χ3n) is 4.01. The number of nitriles is 1. The van der Waals surface area contributed by atoms with Crippen molar-refractivity contribution >= 4 is 5.82 Å². The number of nitrogens with zero attached hydrogens (tertiary/aromatic N) is 4. The summed E-state index contributed by atoms with van der Waals surface area (Å²) in [7, 11) is 0. The summed E-state index contributed by atoms with van der Waals surface area (Å²) in [6, 6.07) is 2.64. The lowest BCUT2D eigenvalue weighted by Crippen LogP contribution is -2.53. The number of aromatic nitrogens is 2. The highest BCUT2D eigenvalue weighted by Gasteiger charge is 2.30. The highest BCUT2D eigenvalue weighted by molar-refractivity contribution is 5.46. The van der Waals surface area contributed by atoms with Gasteiger partial charge in [0, 0.05) is 31.5 Å². The number of nitrogens with one attached hydrogen (secondary N) is 1. The van der Waals surface area contributed by atoms with E-state index in [0.717, 1.165) is 13.2 Å². The summed E-state index contributed by atoms with van der Waals surface area (Å²) in [5.41, 5.74) is 0.333. The predicted molar refractivity (Wildman–Crippen MR) is 74.2 cm³/mol. The number of fused-ring (bicyclic) bond motifs is 1. The lowest BCUT2D eigenvalue weighted by molar-refractivity contribution is -0.0689. The molecule has 106 valence electrons. The second kappa shape index (κ2) is 6.16. The molecule has 6 heteroatoms. The molecule has 1 N–H and O–H groups in total. The first-order valence-electron chi connectivity index (χ1n) is 7.17. The molecule has 0 saturated carbocycles. The summed E-state index contributed by atoms with van der Waals surface area (Å²) in [5.74, 6) is 0.541. The van der Waals surface area contributed by atoms with Gasteiger partial charge in [-0.25, -0.2) is 9.97 Å². The average Bonchev–Trinajstić information content (AvgIpc) is 2.53. The highest BCUT2D eigenvalue weighted by atomic mass is 16.5. The molecular formula is C14H19N5O. The van der Waals surface area contributed by atoms with Gasteiger partial charge in [0.05, 0.1) is 12.7 Å². The van der Waals surface area contributed by atoms with Crippen molar-refractivity contribution < 1.29 is 4.74 Å². The van der Waals surface area contributed by atoms with E-state index in [9.17, 15) is 0 Å². The molecule has 0 unspecified atom stereocenters. The number of anilines is 1. The van der Waals surface area contributed by atoms with Gasteiger partial charge in [0.25, 0.3) is 0 Å². The Morgan fingerprint density at radius 1 is 1.40 bits per heavy atom. The van der Waals surface area contributed by atoms with E-state index in [1.807, 2.05) is 6.07 Å². The molecule has 2 atom stereocenters. The summed E-state index contributed by atoms with van der Waals surface area (Å²) >= 11 is 0. The lowest BCUT2D eigenvalue weighted by Gasteiger charge is -2.42. The molecule has 2 aliphatic heterocycles. The molecule has 20 heavy (non-hydrogen) atoms. The number of morpholine rings is 1. The van der Waals surface area contributed by atoms with Crippen LogP contribution in [0.25, 0.3) is 0 Å². The van der Waals surface area contributed by atoms with Crippen molar-refractivity contribution in [2.75, 3.05) is 31.6 Å². The quantitative estimate of drug-likeness (QED) is 0.886. The highest BCUT2D eigenvalue weighted by Crippen LogP contribution is 2.22. The van der Waals surface area contributed by atoms with E-state index in [1.165, 1.54) is 32.0 Å². The normalized spacial score (nSPS) is 26.6. The van der Waals surface area contributed by atoms with Gasteiger partial charge >= 0.3 is 0 Å². The smallest absolute Gasteiger partial charge is 0.182 e. The first-order chi connectivity index (χ1) is 9.86. The Morgan fingerprint density at radius 2 is 2.30 bits per heavy atom. The molecule has 0 aliphatic carbocycles. The van der Waals surface area contributed by atoms with Crippen LogP contribution in [0, 0.1) is 11.3 Å². The Morgan fingerprint density at radius 3 is 3.20 bits per heavy atom. The number of ether oxygens (including phenoxy) is 1. The SMILES string of the molecule is N#Cc1nccnc1NC[C@H]1CN2CCCC[C@H]2CO1. The third kappa shape index (κ3) is 2.89. The molecule has 6 nitrogen and oxygen atoms in total. The van der Waals surface area contributed by atoms with Crippen LogP contribution in [0.1, 0.15) is 25.0 Å². The fraction of sp³-hybridized carbons (Fsp3) is 0.643. The van der Waals surface area contributed by atoms with Crippen molar-refractivity contribution in [2.45, 2.75) is 31.4 Å². The minimum absolute atomic E-state index is 0.151. The van der Waals surface area contributed by atoms with Crippen LogP contribution >= 0.6 is 0 Å². The first-order valence-corrected chi connectivity index (χ1v) is 7.17. The Hall–Kier alpha value is -1.71. The molecule has 0 aromatic carbocycles. The Labute approximate surface area is 118 Å². The van der Waals surface area contributed by atoms with Gasteiger partial charge in [0.1, 0.15) is 6.07 Å². The Kier molecular flexibility index (Phi) is 4.09. The molecular weight excluding hydrogens is 254 g/mol. The second-order valence-electron chi connectivity index (χ2n) is 5.35. The zero-order chi connectivity index (χ0) is 13.8. The van der Waals surface area contributed by atoms with E-state index in [0.29, 0.717) is 24.1 Å². The molecule has 2 saturated heterocycles. The summed E-state index contributed by atoms with van der Waals surface area (Å²) in [5, 5.41) is 12.2. The monoisotopic (exact) mass is 273 g/mol. The van der Waals surface area contributed by atoms with E-state index in [-0.39, 0.29) is 6.10 Å². The Bertz CT molecular complexity index is 501. The van der Waals surface area contributed by atoms with E-state index < -0.39 is 0 Å². The zero-order valence-corrected chi connectivity index (χ0v) is 11.5. The van der Waals surface area contributed by atoms with E-state index in [1.54, 1.807) is 6.20 Å². The van der Waals surface area contributed by atoms with Gasteiger partial charge in [-0.05, 0) is 19.4 Å². The first kappa shape index (κ1) is 13.3. The lowest BCUT2D eigenvalue weighted by atomic mass is 10.0. The van der Waals surface area contributed by atoms with Crippen molar-refractivity contribution in [3.63, 3.8) is 0 Å². The van der Waals surface area contributed by atoms with Crippen molar-refractivity contribution in [3.05, 3.63) is 18.1 Å². The van der Waals surface area contributed by atoms with Crippen LogP contribution in [0.3, 0.4) is 0 Å². The second-order valence-corrected chi connectivity index (χ2v) is 5.35. The van der Waals surface area contributed by atoms with Gasteiger partial charge < -0.3 is 10.1 Å². The van der Waals surface area contributed by atoms with E-state index in [4.69, 9.17) is 10.00 Å². The number of hydrogen-bond acceptors (Lipinski definition) is 6. The maximum absolute atomic E-state index is 8.98. The van der Waals surface area contributed by atoms with Crippen molar-refractivity contribution in [2.24, 2.45) is 0 Å². The van der Waals surface area contributed by atoms with Gasteiger partial charge in [-0.15, -0.1) is 0 Å². The predicted octanol–water partition coefficient (Wildman–Crippen LogP) is 1.01. The summed E-state index contributed by atoms with van der Waals surface area (Å²) in [6.45, 7) is 3.62. The van der Waals surface area contributed by atoms with Crippen LogP contribution in [-0.2, 0) is 4.74 Å². The topological polar surface area (TPSA) is 74.1 Å². The van der Waals surface area contributed by atoms with Gasteiger partial charge in [0.2, 0.25) is 0 Å². The Balaban J connectivity index is 1.55. The maximum atomic E-state index is 8.98. The summed E-state index contributed by atoms with van der Waals surface area (Å²) in [6.07, 6.45) is 7.13. The minimum Gasteiger partial charge on any atom is -0.373 e. The molecule has 2 fully saturated rings. The standard InChI is InChI=1S/C14H19N5O/c15-7-13-14(17-5-4-16-13)18-8-12-9-19-6-2-1-3-11(19)10-20-12/h4-5,11-12H,1-3,6,8-10H2,(H,17,18)/t11-,12-/m0/s1.